The number of hydrogen-bond acceptors (Lipinski definition) is 4. The largest absolute Gasteiger partial charge is 0.459 e. The summed E-state index contributed by atoms with van der Waals surface area (Å²) in [6.07, 6.45) is 2.25. The fourth-order valence-corrected chi connectivity index (χ4v) is 2.56. The third-order valence-corrected chi connectivity index (χ3v) is 3.62. The van der Waals surface area contributed by atoms with E-state index in [1.807, 2.05) is 19.9 Å². The Hall–Kier alpha value is -1.55. The lowest BCUT2D eigenvalue weighted by Gasteiger charge is -2.14. The number of fused-ring (bicyclic) bond motifs is 1. The van der Waals surface area contributed by atoms with E-state index in [4.69, 9.17) is 10.5 Å². The van der Waals surface area contributed by atoms with E-state index in [2.05, 4.69) is 11.8 Å². The van der Waals surface area contributed by atoms with E-state index in [-0.39, 0.29) is 12.1 Å². The van der Waals surface area contributed by atoms with Crippen LogP contribution >= 0.6 is 0 Å². The van der Waals surface area contributed by atoms with Crippen LogP contribution in [-0.4, -0.2) is 23.5 Å². The molecule has 0 aliphatic carbocycles. The Morgan fingerprint density at radius 2 is 2.15 bits per heavy atom. The van der Waals surface area contributed by atoms with Crippen LogP contribution in [0.25, 0.3) is 0 Å². The number of nitrogen functional groups attached to an aromatic ring is 1. The van der Waals surface area contributed by atoms with Crippen molar-refractivity contribution in [1.29, 1.82) is 0 Å². The molecule has 1 heterocycles. The number of hydrogen-bond donors (Lipinski definition) is 1. The summed E-state index contributed by atoms with van der Waals surface area (Å²) in [4.78, 5) is 14.4. The number of esters is 1. The Morgan fingerprint density at radius 3 is 2.80 bits per heavy atom. The van der Waals surface area contributed by atoms with Gasteiger partial charge in [-0.2, -0.15) is 0 Å². The second-order valence-electron chi connectivity index (χ2n) is 5.68. The van der Waals surface area contributed by atoms with Crippen molar-refractivity contribution >= 4 is 11.7 Å². The van der Waals surface area contributed by atoms with Crippen LogP contribution in [0.2, 0.25) is 0 Å². The second-order valence-corrected chi connectivity index (χ2v) is 5.68. The SMILES string of the molecule is CCCCN1Cc2ccc(C(=O)OC(C)C)c(N)c2C1. The minimum atomic E-state index is -0.327. The summed E-state index contributed by atoms with van der Waals surface area (Å²) >= 11 is 0. The van der Waals surface area contributed by atoms with E-state index < -0.39 is 0 Å². The zero-order valence-corrected chi connectivity index (χ0v) is 12.6. The molecule has 1 aromatic carbocycles. The van der Waals surface area contributed by atoms with Gasteiger partial charge in [-0.1, -0.05) is 19.4 Å². The molecule has 0 aromatic heterocycles. The maximum absolute atomic E-state index is 12.0. The Kier molecular flexibility index (Phi) is 4.65. The molecular weight excluding hydrogens is 252 g/mol. The summed E-state index contributed by atoms with van der Waals surface area (Å²) in [5.74, 6) is -0.327. The predicted octanol–water partition coefficient (Wildman–Crippen LogP) is 2.95. The number of nitrogens with two attached hydrogens (primary N) is 1. The van der Waals surface area contributed by atoms with Crippen molar-refractivity contribution in [2.75, 3.05) is 12.3 Å². The molecule has 0 saturated heterocycles. The molecule has 4 nitrogen and oxygen atoms in total. The van der Waals surface area contributed by atoms with Crippen LogP contribution < -0.4 is 5.73 Å². The number of ether oxygens (including phenoxy) is 1. The molecule has 4 heteroatoms. The quantitative estimate of drug-likeness (QED) is 0.663. The molecular formula is C16H24N2O2. The number of carbonyl (C=O) groups is 1. The first-order valence-electron chi connectivity index (χ1n) is 7.36. The average Bonchev–Trinajstić information content (AvgIpc) is 2.79. The number of nitrogens with zero attached hydrogens (tertiary/aromatic N) is 1. The molecule has 0 amide bonds. The Bertz CT molecular complexity index is 497. The highest BCUT2D eigenvalue weighted by Gasteiger charge is 2.24. The van der Waals surface area contributed by atoms with E-state index in [1.54, 1.807) is 6.07 Å². The molecule has 1 aliphatic heterocycles. The minimum Gasteiger partial charge on any atom is -0.459 e. The molecule has 1 aromatic rings. The second kappa shape index (κ2) is 6.27. The summed E-state index contributed by atoms with van der Waals surface area (Å²) in [5.41, 5.74) is 9.59. The van der Waals surface area contributed by atoms with Crippen LogP contribution in [0.4, 0.5) is 5.69 Å². The molecule has 0 unspecified atom stereocenters. The highest BCUT2D eigenvalue weighted by molar-refractivity contribution is 5.96. The zero-order valence-electron chi connectivity index (χ0n) is 12.6. The van der Waals surface area contributed by atoms with Crippen LogP contribution in [0.15, 0.2) is 12.1 Å². The van der Waals surface area contributed by atoms with E-state index in [9.17, 15) is 4.79 Å². The van der Waals surface area contributed by atoms with Crippen molar-refractivity contribution in [2.24, 2.45) is 0 Å². The standard InChI is InChI=1S/C16H24N2O2/c1-4-5-8-18-9-12-6-7-13(15(17)14(12)10-18)16(19)20-11(2)3/h6-7,11H,4-5,8-10,17H2,1-3H3. The number of benzene rings is 1. The van der Waals surface area contributed by atoms with Crippen LogP contribution in [0.1, 0.15) is 55.1 Å². The van der Waals surface area contributed by atoms with Crippen LogP contribution in [0.5, 0.6) is 0 Å². The molecule has 0 bridgehead atoms. The molecule has 0 atom stereocenters. The van der Waals surface area contributed by atoms with Gasteiger partial charge in [-0.05, 0) is 44.0 Å². The topological polar surface area (TPSA) is 55.6 Å². The van der Waals surface area contributed by atoms with Crippen LogP contribution in [0, 0.1) is 0 Å². The monoisotopic (exact) mass is 276 g/mol. The van der Waals surface area contributed by atoms with Gasteiger partial charge in [0.2, 0.25) is 0 Å². The van der Waals surface area contributed by atoms with Crippen molar-refractivity contribution in [2.45, 2.75) is 52.8 Å². The molecule has 110 valence electrons. The third kappa shape index (κ3) is 3.12. The first-order valence-corrected chi connectivity index (χ1v) is 7.36. The maximum atomic E-state index is 12.0. The number of unbranched alkanes of at least 4 members (excludes halogenated alkanes) is 1. The lowest BCUT2D eigenvalue weighted by molar-refractivity contribution is 0.0379. The van der Waals surface area contributed by atoms with Gasteiger partial charge in [0.05, 0.1) is 17.4 Å². The average molecular weight is 276 g/mol. The first kappa shape index (κ1) is 14.9. The molecule has 0 saturated carbocycles. The Balaban J connectivity index is 2.16. The number of rotatable bonds is 5. The summed E-state index contributed by atoms with van der Waals surface area (Å²) < 4.78 is 5.24. The van der Waals surface area contributed by atoms with Crippen LogP contribution in [0.3, 0.4) is 0 Å². The van der Waals surface area contributed by atoms with Gasteiger partial charge in [0, 0.05) is 13.1 Å². The van der Waals surface area contributed by atoms with E-state index in [0.29, 0.717) is 11.3 Å². The predicted molar refractivity (Wildman–Crippen MR) is 80.4 cm³/mol. The van der Waals surface area contributed by atoms with Gasteiger partial charge in [-0.3, -0.25) is 4.90 Å². The molecule has 0 radical (unpaired) electrons. The molecule has 2 N–H and O–H groups in total. The lowest BCUT2D eigenvalue weighted by Crippen LogP contribution is -2.17. The number of anilines is 1. The fraction of sp³-hybridized carbons (Fsp3) is 0.562. The van der Waals surface area contributed by atoms with E-state index in [1.165, 1.54) is 18.4 Å². The molecule has 0 fully saturated rings. The normalized spacial score (nSPS) is 14.6. The molecule has 2 rings (SSSR count). The van der Waals surface area contributed by atoms with Gasteiger partial charge in [0.15, 0.2) is 0 Å². The summed E-state index contributed by atoms with van der Waals surface area (Å²) in [5, 5.41) is 0. The van der Waals surface area contributed by atoms with Crippen molar-refractivity contribution in [3.05, 3.63) is 28.8 Å². The summed E-state index contributed by atoms with van der Waals surface area (Å²) in [7, 11) is 0. The highest BCUT2D eigenvalue weighted by Crippen LogP contribution is 2.30. The van der Waals surface area contributed by atoms with Crippen molar-refractivity contribution < 1.29 is 9.53 Å². The summed E-state index contributed by atoms with van der Waals surface area (Å²) in [6.45, 7) is 8.72. The van der Waals surface area contributed by atoms with Crippen LogP contribution in [-0.2, 0) is 17.8 Å². The smallest absolute Gasteiger partial charge is 0.340 e. The van der Waals surface area contributed by atoms with Crippen molar-refractivity contribution in [3.8, 4) is 0 Å². The molecule has 1 aliphatic rings. The van der Waals surface area contributed by atoms with Gasteiger partial charge < -0.3 is 10.5 Å². The summed E-state index contributed by atoms with van der Waals surface area (Å²) in [6, 6.07) is 3.80. The van der Waals surface area contributed by atoms with Crippen molar-refractivity contribution in [1.82, 2.24) is 4.90 Å². The Labute approximate surface area is 120 Å². The lowest BCUT2D eigenvalue weighted by atomic mass is 10.0. The molecule has 0 spiro atoms. The van der Waals surface area contributed by atoms with Gasteiger partial charge >= 0.3 is 5.97 Å². The number of carbonyl (C=O) groups excluding carboxylic acids is 1. The van der Waals surface area contributed by atoms with E-state index >= 15 is 0 Å². The fourth-order valence-electron chi connectivity index (χ4n) is 2.56. The highest BCUT2D eigenvalue weighted by atomic mass is 16.5. The van der Waals surface area contributed by atoms with Crippen molar-refractivity contribution in [3.63, 3.8) is 0 Å². The van der Waals surface area contributed by atoms with Gasteiger partial charge in [0.25, 0.3) is 0 Å². The van der Waals surface area contributed by atoms with Gasteiger partial charge in [0.1, 0.15) is 0 Å². The first-order chi connectivity index (χ1) is 9.52. The maximum Gasteiger partial charge on any atom is 0.340 e. The third-order valence-electron chi connectivity index (χ3n) is 3.62. The van der Waals surface area contributed by atoms with Gasteiger partial charge in [-0.25, -0.2) is 4.79 Å². The molecule has 20 heavy (non-hydrogen) atoms. The Morgan fingerprint density at radius 1 is 1.40 bits per heavy atom. The van der Waals surface area contributed by atoms with Gasteiger partial charge in [-0.15, -0.1) is 0 Å². The minimum absolute atomic E-state index is 0.129. The van der Waals surface area contributed by atoms with E-state index in [0.717, 1.165) is 25.2 Å². The zero-order chi connectivity index (χ0) is 14.7.